The standard InChI is InChI=1S/C10H18N2O2/c13-10-12(7-2-8-14-10)6-1-5-11-9-3-4-9/h9,11H,1-8H2. The van der Waals surface area contributed by atoms with Gasteiger partial charge < -0.3 is 15.0 Å². The Balaban J connectivity index is 1.56. The molecule has 1 heterocycles. The third kappa shape index (κ3) is 2.87. The predicted octanol–water partition coefficient (Wildman–Crippen LogP) is 0.971. The smallest absolute Gasteiger partial charge is 0.409 e. The van der Waals surface area contributed by atoms with Gasteiger partial charge in [-0.3, -0.25) is 0 Å². The zero-order valence-corrected chi connectivity index (χ0v) is 8.50. The Bertz CT molecular complexity index is 204. The third-order valence-corrected chi connectivity index (χ3v) is 2.67. The summed E-state index contributed by atoms with van der Waals surface area (Å²) >= 11 is 0. The van der Waals surface area contributed by atoms with Crippen LogP contribution >= 0.6 is 0 Å². The molecule has 4 nitrogen and oxygen atoms in total. The van der Waals surface area contributed by atoms with E-state index in [0.29, 0.717) is 6.61 Å². The van der Waals surface area contributed by atoms with Crippen molar-refractivity contribution >= 4 is 6.09 Å². The van der Waals surface area contributed by atoms with Gasteiger partial charge in [0.05, 0.1) is 6.61 Å². The van der Waals surface area contributed by atoms with Crippen molar-refractivity contribution in [2.24, 2.45) is 0 Å². The van der Waals surface area contributed by atoms with Gasteiger partial charge in [0, 0.05) is 19.1 Å². The average Bonchev–Trinajstić information content (AvgIpc) is 2.99. The summed E-state index contributed by atoms with van der Waals surface area (Å²) in [5.74, 6) is 0. The Morgan fingerprint density at radius 2 is 2.36 bits per heavy atom. The lowest BCUT2D eigenvalue weighted by Crippen LogP contribution is -2.39. The van der Waals surface area contributed by atoms with Gasteiger partial charge in [-0.15, -0.1) is 0 Å². The summed E-state index contributed by atoms with van der Waals surface area (Å²) in [5.41, 5.74) is 0. The van der Waals surface area contributed by atoms with Gasteiger partial charge >= 0.3 is 6.09 Å². The molecular weight excluding hydrogens is 180 g/mol. The molecule has 1 amide bonds. The molecule has 0 spiro atoms. The van der Waals surface area contributed by atoms with E-state index in [-0.39, 0.29) is 6.09 Å². The minimum Gasteiger partial charge on any atom is -0.449 e. The van der Waals surface area contributed by atoms with Gasteiger partial charge in [-0.2, -0.15) is 0 Å². The van der Waals surface area contributed by atoms with Crippen LogP contribution in [0.4, 0.5) is 4.79 Å². The minimum absolute atomic E-state index is 0.136. The lowest BCUT2D eigenvalue weighted by atomic mass is 10.3. The fourth-order valence-electron chi connectivity index (χ4n) is 1.66. The first kappa shape index (κ1) is 9.77. The first-order chi connectivity index (χ1) is 6.86. The van der Waals surface area contributed by atoms with Gasteiger partial charge in [0.25, 0.3) is 0 Å². The Kier molecular flexibility index (Phi) is 3.24. The summed E-state index contributed by atoms with van der Waals surface area (Å²) in [4.78, 5) is 13.0. The molecule has 1 aliphatic carbocycles. The summed E-state index contributed by atoms with van der Waals surface area (Å²) in [7, 11) is 0. The van der Waals surface area contributed by atoms with Crippen molar-refractivity contribution in [3.8, 4) is 0 Å². The summed E-state index contributed by atoms with van der Waals surface area (Å²) in [6.07, 6.45) is 4.52. The van der Waals surface area contributed by atoms with Crippen molar-refractivity contribution in [2.75, 3.05) is 26.2 Å². The van der Waals surface area contributed by atoms with E-state index in [1.165, 1.54) is 12.8 Å². The SMILES string of the molecule is O=C1OCCCN1CCCNC1CC1. The maximum Gasteiger partial charge on any atom is 0.409 e. The zero-order valence-electron chi connectivity index (χ0n) is 8.50. The summed E-state index contributed by atoms with van der Waals surface area (Å²) in [5, 5.41) is 3.43. The van der Waals surface area contributed by atoms with E-state index >= 15 is 0 Å². The lowest BCUT2D eigenvalue weighted by molar-refractivity contribution is 0.0726. The molecule has 0 aromatic heterocycles. The second-order valence-electron chi connectivity index (χ2n) is 4.04. The summed E-state index contributed by atoms with van der Waals surface area (Å²) < 4.78 is 4.95. The molecule has 0 unspecified atom stereocenters. The van der Waals surface area contributed by atoms with E-state index in [4.69, 9.17) is 4.74 Å². The quantitative estimate of drug-likeness (QED) is 0.669. The Hall–Kier alpha value is -0.770. The zero-order chi connectivity index (χ0) is 9.80. The highest BCUT2D eigenvalue weighted by Gasteiger charge is 2.21. The molecule has 80 valence electrons. The number of rotatable bonds is 5. The van der Waals surface area contributed by atoms with Gasteiger partial charge in [-0.25, -0.2) is 4.79 Å². The van der Waals surface area contributed by atoms with Crippen molar-refractivity contribution in [3.05, 3.63) is 0 Å². The van der Waals surface area contributed by atoms with E-state index in [9.17, 15) is 4.79 Å². The molecule has 0 aromatic carbocycles. The van der Waals surface area contributed by atoms with E-state index in [1.54, 1.807) is 4.90 Å². The fraction of sp³-hybridized carbons (Fsp3) is 0.900. The molecule has 1 saturated heterocycles. The molecule has 4 heteroatoms. The van der Waals surface area contributed by atoms with Gasteiger partial charge in [-0.05, 0) is 32.2 Å². The van der Waals surface area contributed by atoms with E-state index in [0.717, 1.165) is 38.5 Å². The fourth-order valence-corrected chi connectivity index (χ4v) is 1.66. The molecule has 0 bridgehead atoms. The van der Waals surface area contributed by atoms with Crippen molar-refractivity contribution in [2.45, 2.75) is 31.7 Å². The van der Waals surface area contributed by atoms with E-state index in [2.05, 4.69) is 5.32 Å². The van der Waals surface area contributed by atoms with Crippen molar-refractivity contribution in [1.29, 1.82) is 0 Å². The van der Waals surface area contributed by atoms with Crippen molar-refractivity contribution < 1.29 is 9.53 Å². The highest BCUT2D eigenvalue weighted by atomic mass is 16.6. The highest BCUT2D eigenvalue weighted by molar-refractivity contribution is 5.68. The van der Waals surface area contributed by atoms with Crippen LogP contribution < -0.4 is 5.32 Å². The van der Waals surface area contributed by atoms with Gasteiger partial charge in [0.15, 0.2) is 0 Å². The second kappa shape index (κ2) is 4.64. The molecule has 0 atom stereocenters. The number of carbonyl (C=O) groups excluding carboxylic acids is 1. The molecule has 2 fully saturated rings. The molecule has 0 aromatic rings. The van der Waals surface area contributed by atoms with Gasteiger partial charge in [-0.1, -0.05) is 0 Å². The van der Waals surface area contributed by atoms with E-state index in [1.807, 2.05) is 0 Å². The number of ether oxygens (including phenoxy) is 1. The molecule has 2 rings (SSSR count). The number of cyclic esters (lactones) is 1. The molecule has 2 aliphatic rings. The van der Waals surface area contributed by atoms with E-state index < -0.39 is 0 Å². The summed E-state index contributed by atoms with van der Waals surface area (Å²) in [6, 6.07) is 0.767. The number of amides is 1. The normalized spacial score (nSPS) is 22.3. The van der Waals surface area contributed by atoms with Crippen LogP contribution in [0, 0.1) is 0 Å². The number of hydrogen-bond donors (Lipinski definition) is 1. The minimum atomic E-state index is -0.136. The Morgan fingerprint density at radius 1 is 1.50 bits per heavy atom. The number of nitrogens with one attached hydrogen (secondary N) is 1. The van der Waals surface area contributed by atoms with Crippen LogP contribution in [0.3, 0.4) is 0 Å². The molecule has 1 aliphatic heterocycles. The predicted molar refractivity (Wildman–Crippen MR) is 53.2 cm³/mol. The van der Waals surface area contributed by atoms with Crippen molar-refractivity contribution in [3.63, 3.8) is 0 Å². The molecule has 1 saturated carbocycles. The second-order valence-corrected chi connectivity index (χ2v) is 4.04. The van der Waals surface area contributed by atoms with Gasteiger partial charge in [0.2, 0.25) is 0 Å². The first-order valence-corrected chi connectivity index (χ1v) is 5.51. The Labute approximate surface area is 84.6 Å². The molecular formula is C10H18N2O2. The van der Waals surface area contributed by atoms with Crippen LogP contribution in [0.1, 0.15) is 25.7 Å². The number of hydrogen-bond acceptors (Lipinski definition) is 3. The number of carbonyl (C=O) groups is 1. The summed E-state index contributed by atoms with van der Waals surface area (Å²) in [6.45, 7) is 3.31. The van der Waals surface area contributed by atoms with Crippen LogP contribution in [-0.2, 0) is 4.74 Å². The van der Waals surface area contributed by atoms with Crippen LogP contribution in [0.5, 0.6) is 0 Å². The Morgan fingerprint density at radius 3 is 3.07 bits per heavy atom. The van der Waals surface area contributed by atoms with Crippen LogP contribution in [0.2, 0.25) is 0 Å². The van der Waals surface area contributed by atoms with Crippen molar-refractivity contribution in [1.82, 2.24) is 10.2 Å². The average molecular weight is 198 g/mol. The van der Waals surface area contributed by atoms with Crippen LogP contribution in [0.15, 0.2) is 0 Å². The molecule has 0 radical (unpaired) electrons. The van der Waals surface area contributed by atoms with Gasteiger partial charge in [0.1, 0.15) is 0 Å². The monoisotopic (exact) mass is 198 g/mol. The largest absolute Gasteiger partial charge is 0.449 e. The van der Waals surface area contributed by atoms with Crippen LogP contribution in [0.25, 0.3) is 0 Å². The van der Waals surface area contributed by atoms with Crippen LogP contribution in [-0.4, -0.2) is 43.3 Å². The topological polar surface area (TPSA) is 41.6 Å². The highest BCUT2D eigenvalue weighted by Crippen LogP contribution is 2.18. The molecule has 1 N–H and O–H groups in total. The lowest BCUT2D eigenvalue weighted by Gasteiger charge is -2.26. The third-order valence-electron chi connectivity index (χ3n) is 2.67. The number of nitrogens with zero attached hydrogens (tertiary/aromatic N) is 1. The maximum absolute atomic E-state index is 11.2. The molecule has 14 heavy (non-hydrogen) atoms. The first-order valence-electron chi connectivity index (χ1n) is 5.51. The maximum atomic E-state index is 11.2.